The monoisotopic (exact) mass is 282 g/mol. The molecule has 0 saturated heterocycles. The van der Waals surface area contributed by atoms with Gasteiger partial charge in [0.1, 0.15) is 0 Å². The van der Waals surface area contributed by atoms with Crippen molar-refractivity contribution in [3.63, 3.8) is 0 Å². The van der Waals surface area contributed by atoms with E-state index in [2.05, 4.69) is 5.32 Å². The first-order chi connectivity index (χ1) is 9.47. The lowest BCUT2D eigenvalue weighted by atomic mass is 9.91. The fourth-order valence-electron chi connectivity index (χ4n) is 3.36. The Morgan fingerprint density at radius 1 is 1.40 bits per heavy atom. The van der Waals surface area contributed by atoms with Crippen molar-refractivity contribution >= 4 is 6.03 Å². The van der Waals surface area contributed by atoms with Crippen LogP contribution in [0.1, 0.15) is 19.3 Å². The van der Waals surface area contributed by atoms with Gasteiger partial charge in [-0.15, -0.1) is 0 Å². The Kier molecular flexibility index (Phi) is 2.97. The largest absolute Gasteiger partial charge is 0.336 e. The molecule has 2 bridgehead atoms. The normalized spacial score (nSPS) is 31.5. The number of hydrogen-bond donors (Lipinski definition) is 3. The van der Waals surface area contributed by atoms with Crippen LogP contribution >= 0.6 is 0 Å². The van der Waals surface area contributed by atoms with Crippen LogP contribution in [0.25, 0.3) is 0 Å². The van der Waals surface area contributed by atoms with Gasteiger partial charge in [0.05, 0.1) is 6.20 Å². The molecule has 0 aliphatic heterocycles. The van der Waals surface area contributed by atoms with Crippen molar-refractivity contribution in [2.24, 2.45) is 17.6 Å². The van der Waals surface area contributed by atoms with Crippen molar-refractivity contribution in [2.75, 3.05) is 0 Å². The minimum absolute atomic E-state index is 0.138. The minimum Gasteiger partial charge on any atom is -0.333 e. The molecule has 1 amide bonds. The lowest BCUT2D eigenvalue weighted by Gasteiger charge is -2.28. The van der Waals surface area contributed by atoms with Gasteiger partial charge < -0.3 is 11.1 Å². The zero-order valence-corrected chi connectivity index (χ0v) is 10.6. The van der Waals surface area contributed by atoms with E-state index >= 15 is 0 Å². The van der Waals surface area contributed by atoms with Gasteiger partial charge in [0.15, 0.2) is 0 Å². The van der Waals surface area contributed by atoms with Crippen LogP contribution in [-0.4, -0.2) is 27.7 Å². The van der Waals surface area contributed by atoms with Crippen LogP contribution in [0, 0.1) is 17.7 Å². The number of nitrogens with zero attached hydrogens (tertiary/aromatic N) is 1. The summed E-state index contributed by atoms with van der Waals surface area (Å²) in [4.78, 5) is 36.2. The summed E-state index contributed by atoms with van der Waals surface area (Å²) in [6, 6.07) is -1.11. The molecule has 1 heterocycles. The van der Waals surface area contributed by atoms with E-state index in [1.165, 1.54) is 0 Å². The highest BCUT2D eigenvalue weighted by Crippen LogP contribution is 2.43. The highest BCUT2D eigenvalue weighted by Gasteiger charge is 2.46. The molecular weight excluding hydrogens is 267 g/mol. The summed E-state index contributed by atoms with van der Waals surface area (Å²) in [5.41, 5.74) is 3.94. The summed E-state index contributed by atoms with van der Waals surface area (Å²) in [5.74, 6) is -0.478. The number of aromatic amines is 1. The van der Waals surface area contributed by atoms with Gasteiger partial charge in [-0.2, -0.15) is 4.39 Å². The predicted molar refractivity (Wildman–Crippen MR) is 67.8 cm³/mol. The van der Waals surface area contributed by atoms with Crippen molar-refractivity contribution in [2.45, 2.75) is 31.3 Å². The molecule has 4 unspecified atom stereocenters. The molecule has 2 aliphatic rings. The first-order valence-corrected chi connectivity index (χ1v) is 6.55. The lowest BCUT2D eigenvalue weighted by Crippen LogP contribution is -2.53. The van der Waals surface area contributed by atoms with Crippen LogP contribution in [0.2, 0.25) is 0 Å². The smallest absolute Gasteiger partial charge is 0.333 e. The molecule has 1 aromatic rings. The zero-order valence-electron chi connectivity index (χ0n) is 10.6. The molecule has 20 heavy (non-hydrogen) atoms. The SMILES string of the molecule is NC1C2CCC(C2)C1NC(=O)n1cc(F)c(=O)[nH]c1=O. The summed E-state index contributed by atoms with van der Waals surface area (Å²) >= 11 is 0. The average molecular weight is 282 g/mol. The number of amides is 1. The van der Waals surface area contributed by atoms with Crippen LogP contribution < -0.4 is 22.3 Å². The quantitative estimate of drug-likeness (QED) is 0.636. The molecule has 4 atom stereocenters. The van der Waals surface area contributed by atoms with Crippen molar-refractivity contribution in [3.8, 4) is 0 Å². The van der Waals surface area contributed by atoms with Crippen molar-refractivity contribution in [1.29, 1.82) is 0 Å². The Morgan fingerprint density at radius 2 is 2.10 bits per heavy atom. The number of halogens is 1. The maximum Gasteiger partial charge on any atom is 0.336 e. The van der Waals surface area contributed by atoms with Gasteiger partial charge in [0, 0.05) is 12.1 Å². The number of H-pyrrole nitrogens is 1. The fraction of sp³-hybridized carbons (Fsp3) is 0.583. The zero-order chi connectivity index (χ0) is 14.4. The maximum absolute atomic E-state index is 13.2. The molecule has 2 aliphatic carbocycles. The van der Waals surface area contributed by atoms with Crippen molar-refractivity contribution in [1.82, 2.24) is 14.9 Å². The Bertz CT molecular complexity index is 665. The standard InChI is InChI=1S/C12H15FN4O3/c13-7-4-17(12(20)16-10(7)18)11(19)15-9-6-2-1-5(3-6)8(9)14/h4-6,8-9H,1-3,14H2,(H,15,19)(H,16,18,20). The van der Waals surface area contributed by atoms with Crippen LogP contribution in [0.3, 0.4) is 0 Å². The predicted octanol–water partition coefficient (Wildman–Crippen LogP) is -0.641. The second-order valence-electron chi connectivity index (χ2n) is 5.49. The van der Waals surface area contributed by atoms with Gasteiger partial charge in [-0.05, 0) is 31.1 Å². The van der Waals surface area contributed by atoms with Gasteiger partial charge in [-0.25, -0.2) is 14.2 Å². The summed E-state index contributed by atoms with van der Waals surface area (Å²) in [5, 5.41) is 2.67. The molecule has 1 aromatic heterocycles. The Labute approximate surface area is 113 Å². The molecule has 0 radical (unpaired) electrons. The Hall–Kier alpha value is -1.96. The molecule has 8 heteroatoms. The van der Waals surface area contributed by atoms with Gasteiger partial charge in [-0.1, -0.05) is 0 Å². The van der Waals surface area contributed by atoms with Gasteiger partial charge in [0.25, 0.3) is 5.56 Å². The fourth-order valence-corrected chi connectivity index (χ4v) is 3.36. The summed E-state index contributed by atoms with van der Waals surface area (Å²) in [7, 11) is 0. The second-order valence-corrected chi connectivity index (χ2v) is 5.49. The maximum atomic E-state index is 13.2. The number of fused-ring (bicyclic) bond motifs is 2. The van der Waals surface area contributed by atoms with Crippen LogP contribution in [0.4, 0.5) is 9.18 Å². The molecule has 0 spiro atoms. The van der Waals surface area contributed by atoms with Gasteiger partial charge in [-0.3, -0.25) is 9.78 Å². The summed E-state index contributed by atoms with van der Waals surface area (Å²) in [6.07, 6.45) is 3.62. The van der Waals surface area contributed by atoms with Gasteiger partial charge >= 0.3 is 11.7 Å². The highest BCUT2D eigenvalue weighted by atomic mass is 19.1. The third-order valence-electron chi connectivity index (χ3n) is 4.39. The molecule has 2 saturated carbocycles. The number of aromatic nitrogens is 2. The number of rotatable bonds is 1. The molecular formula is C12H15FN4O3. The van der Waals surface area contributed by atoms with Crippen molar-refractivity contribution in [3.05, 3.63) is 32.9 Å². The topological polar surface area (TPSA) is 110 Å². The van der Waals surface area contributed by atoms with E-state index in [0.29, 0.717) is 22.6 Å². The first kappa shape index (κ1) is 13.0. The second kappa shape index (κ2) is 4.55. The highest BCUT2D eigenvalue weighted by molar-refractivity contribution is 5.76. The van der Waals surface area contributed by atoms with E-state index in [1.54, 1.807) is 4.98 Å². The van der Waals surface area contributed by atoms with Gasteiger partial charge in [0.2, 0.25) is 5.82 Å². The molecule has 2 fully saturated rings. The Morgan fingerprint density at radius 3 is 2.75 bits per heavy atom. The summed E-state index contributed by atoms with van der Waals surface area (Å²) in [6.45, 7) is 0. The van der Waals surface area contributed by atoms with Crippen LogP contribution in [0.15, 0.2) is 15.8 Å². The molecule has 3 rings (SSSR count). The van der Waals surface area contributed by atoms with Crippen LogP contribution in [0.5, 0.6) is 0 Å². The Balaban J connectivity index is 1.82. The third kappa shape index (κ3) is 1.96. The first-order valence-electron chi connectivity index (χ1n) is 6.55. The average Bonchev–Trinajstić information content (AvgIpc) is 2.97. The van der Waals surface area contributed by atoms with E-state index in [-0.39, 0.29) is 12.1 Å². The molecule has 108 valence electrons. The number of nitrogens with one attached hydrogen (secondary N) is 2. The molecule has 7 nitrogen and oxygen atoms in total. The minimum atomic E-state index is -1.18. The van der Waals surface area contributed by atoms with Crippen LogP contribution in [-0.2, 0) is 0 Å². The van der Waals surface area contributed by atoms with E-state index in [0.717, 1.165) is 19.3 Å². The van der Waals surface area contributed by atoms with E-state index in [1.807, 2.05) is 0 Å². The van der Waals surface area contributed by atoms with E-state index in [9.17, 15) is 18.8 Å². The summed E-state index contributed by atoms with van der Waals surface area (Å²) < 4.78 is 13.7. The van der Waals surface area contributed by atoms with Crippen molar-refractivity contribution < 1.29 is 9.18 Å². The van der Waals surface area contributed by atoms with E-state index < -0.39 is 23.1 Å². The number of carbonyl (C=O) groups excluding carboxylic acids is 1. The number of nitrogens with two attached hydrogens (primary N) is 1. The number of carbonyl (C=O) groups is 1. The molecule has 4 N–H and O–H groups in total. The third-order valence-corrected chi connectivity index (χ3v) is 4.39. The number of hydrogen-bond acceptors (Lipinski definition) is 4. The van der Waals surface area contributed by atoms with E-state index in [4.69, 9.17) is 5.73 Å². The molecule has 0 aromatic carbocycles. The lowest BCUT2D eigenvalue weighted by molar-refractivity contribution is 0.226.